The van der Waals surface area contributed by atoms with E-state index in [4.69, 9.17) is 0 Å². The molecule has 2 aliphatic carbocycles. The van der Waals surface area contributed by atoms with Crippen LogP contribution in [0.4, 0.5) is 0 Å². The van der Waals surface area contributed by atoms with Crippen molar-refractivity contribution in [1.29, 1.82) is 0 Å². The topological polar surface area (TPSA) is 104 Å². The Morgan fingerprint density at radius 2 is 1.90 bits per heavy atom. The molecule has 0 aromatic heterocycles. The number of rotatable bonds is 0. The van der Waals surface area contributed by atoms with Crippen LogP contribution in [0.3, 0.4) is 0 Å². The van der Waals surface area contributed by atoms with E-state index in [2.05, 4.69) is 11.9 Å². The highest BCUT2D eigenvalue weighted by atomic mass is 16.5. The van der Waals surface area contributed by atoms with Gasteiger partial charge in [0.2, 0.25) is 17.5 Å². The lowest BCUT2D eigenvalue weighted by Crippen LogP contribution is -2.53. The Balaban J connectivity index is 2.08. The van der Waals surface area contributed by atoms with Gasteiger partial charge in [-0.25, -0.2) is 0 Å². The molecule has 0 bridgehead atoms. The van der Waals surface area contributed by atoms with Crippen LogP contribution in [0.2, 0.25) is 0 Å². The van der Waals surface area contributed by atoms with E-state index in [1.165, 1.54) is 0 Å². The zero-order chi connectivity index (χ0) is 21.6. The molecule has 0 radical (unpaired) electrons. The van der Waals surface area contributed by atoms with Gasteiger partial charge in [0.1, 0.15) is 11.2 Å². The van der Waals surface area contributed by atoms with Crippen molar-refractivity contribution in [3.63, 3.8) is 0 Å². The Kier molecular flexibility index (Phi) is 5.71. The summed E-state index contributed by atoms with van der Waals surface area (Å²) in [6, 6.07) is 0. The maximum atomic E-state index is 13.5. The number of Topliss-reactive ketones (excluding diaryl/α,β-unsaturated/α-hetero) is 2. The summed E-state index contributed by atoms with van der Waals surface area (Å²) in [6.45, 7) is 10.1. The van der Waals surface area contributed by atoms with Crippen LogP contribution in [0.25, 0.3) is 0 Å². The summed E-state index contributed by atoms with van der Waals surface area (Å²) in [5.74, 6) is -4.62. The predicted molar refractivity (Wildman–Crippen MR) is 108 cm³/mol. The van der Waals surface area contributed by atoms with Crippen LogP contribution in [0.1, 0.15) is 46.5 Å². The smallest absolute Gasteiger partial charge is 0.234 e. The minimum Gasteiger partial charge on any atom is -0.359 e. The second-order valence-electron chi connectivity index (χ2n) is 9.00. The first kappa shape index (κ1) is 21.7. The van der Waals surface area contributed by atoms with Gasteiger partial charge >= 0.3 is 0 Å². The number of ketones is 2. The largest absolute Gasteiger partial charge is 0.359 e. The van der Waals surface area contributed by atoms with E-state index >= 15 is 0 Å². The molecule has 3 rings (SSSR count). The normalized spacial score (nSPS) is 41.1. The van der Waals surface area contributed by atoms with Crippen LogP contribution >= 0.6 is 0 Å². The number of nitrogens with one attached hydrogen (secondary N) is 1. The number of carbonyl (C=O) groups is 3. The fourth-order valence-corrected chi connectivity index (χ4v) is 5.32. The van der Waals surface area contributed by atoms with Crippen molar-refractivity contribution < 1.29 is 24.6 Å². The van der Waals surface area contributed by atoms with Crippen LogP contribution in [0.5, 0.6) is 0 Å². The highest BCUT2D eigenvalue weighted by Gasteiger charge is 2.63. The Morgan fingerprint density at radius 1 is 1.21 bits per heavy atom. The molecule has 158 valence electrons. The van der Waals surface area contributed by atoms with Gasteiger partial charge < -0.3 is 15.5 Å². The third kappa shape index (κ3) is 3.53. The fraction of sp³-hybridized carbons (Fsp3) is 0.609. The summed E-state index contributed by atoms with van der Waals surface area (Å²) in [4.78, 5) is 39.0. The fourth-order valence-electron chi connectivity index (χ4n) is 5.32. The van der Waals surface area contributed by atoms with Gasteiger partial charge in [0.25, 0.3) is 0 Å². The Bertz CT molecular complexity index is 808. The zero-order valence-electron chi connectivity index (χ0n) is 17.4. The van der Waals surface area contributed by atoms with Gasteiger partial charge in [-0.1, -0.05) is 44.2 Å². The van der Waals surface area contributed by atoms with Crippen molar-refractivity contribution in [3.8, 4) is 0 Å². The molecule has 2 fully saturated rings. The molecule has 0 aromatic rings. The quantitative estimate of drug-likeness (QED) is 0.328. The summed E-state index contributed by atoms with van der Waals surface area (Å²) >= 11 is 0. The summed E-state index contributed by atoms with van der Waals surface area (Å²) < 4.78 is 0. The Labute approximate surface area is 171 Å². The summed E-state index contributed by atoms with van der Waals surface area (Å²) in [5.41, 5.74) is 0.0268. The molecule has 3 N–H and O–H groups in total. The molecule has 1 heterocycles. The Hall–Kier alpha value is -2.05. The number of amides is 1. The summed E-state index contributed by atoms with van der Waals surface area (Å²) in [5, 5.41) is 23.6. The maximum Gasteiger partial charge on any atom is 0.234 e. The monoisotopic (exact) mass is 401 g/mol. The van der Waals surface area contributed by atoms with Crippen molar-refractivity contribution in [3.05, 3.63) is 36.0 Å². The van der Waals surface area contributed by atoms with Crippen molar-refractivity contribution in [1.82, 2.24) is 5.32 Å². The first-order valence-corrected chi connectivity index (χ1v) is 10.4. The van der Waals surface area contributed by atoms with E-state index in [-0.39, 0.29) is 47.4 Å². The molecular weight excluding hydrogens is 370 g/mol. The first-order valence-electron chi connectivity index (χ1n) is 10.4. The molecule has 6 nitrogen and oxygen atoms in total. The van der Waals surface area contributed by atoms with Crippen LogP contribution in [-0.2, 0) is 14.4 Å². The van der Waals surface area contributed by atoms with Gasteiger partial charge in [-0.3, -0.25) is 14.4 Å². The van der Waals surface area contributed by atoms with Crippen molar-refractivity contribution >= 4 is 17.5 Å². The predicted octanol–water partition coefficient (Wildman–Crippen LogP) is 2.07. The summed E-state index contributed by atoms with van der Waals surface area (Å²) in [7, 11) is 0. The van der Waals surface area contributed by atoms with Crippen molar-refractivity contribution in [2.45, 2.75) is 52.2 Å². The van der Waals surface area contributed by atoms with Crippen LogP contribution in [0, 0.1) is 29.1 Å². The number of carbonyl (C=O) groups excluding carboxylic acids is 3. The maximum absolute atomic E-state index is 13.5. The van der Waals surface area contributed by atoms with Gasteiger partial charge in [-0.2, -0.15) is 0 Å². The average molecular weight is 402 g/mol. The highest BCUT2D eigenvalue weighted by molar-refractivity contribution is 6.09. The number of hydrogen-bond acceptors (Lipinski definition) is 5. The van der Waals surface area contributed by atoms with Crippen molar-refractivity contribution in [2.75, 3.05) is 6.54 Å². The highest BCUT2D eigenvalue weighted by Crippen LogP contribution is 2.54. The van der Waals surface area contributed by atoms with E-state index < -0.39 is 23.4 Å². The number of aliphatic hydroxyl groups is 2. The van der Waals surface area contributed by atoms with Crippen LogP contribution in [0.15, 0.2) is 36.0 Å². The third-order valence-electron chi connectivity index (χ3n) is 7.05. The van der Waals surface area contributed by atoms with Gasteiger partial charge in [0.15, 0.2) is 0 Å². The van der Waals surface area contributed by atoms with E-state index in [0.29, 0.717) is 19.4 Å². The number of hydrogen-bond donors (Lipinski definition) is 3. The lowest BCUT2D eigenvalue weighted by Gasteiger charge is -2.45. The average Bonchev–Trinajstić information content (AvgIpc) is 3.01. The van der Waals surface area contributed by atoms with Gasteiger partial charge in [0.05, 0.1) is 0 Å². The lowest BCUT2D eigenvalue weighted by molar-refractivity contribution is -0.182. The van der Waals surface area contributed by atoms with E-state index in [0.717, 1.165) is 5.57 Å². The third-order valence-corrected chi connectivity index (χ3v) is 7.05. The van der Waals surface area contributed by atoms with Crippen LogP contribution in [-0.4, -0.2) is 40.0 Å². The second-order valence-corrected chi connectivity index (χ2v) is 9.00. The number of allylic oxidation sites excluding steroid dienone is 4. The minimum absolute atomic E-state index is 0.00248. The van der Waals surface area contributed by atoms with E-state index in [1.54, 1.807) is 13.0 Å². The van der Waals surface area contributed by atoms with E-state index in [9.17, 15) is 24.6 Å². The van der Waals surface area contributed by atoms with Gasteiger partial charge in [-0.05, 0) is 37.2 Å². The molecule has 29 heavy (non-hydrogen) atoms. The van der Waals surface area contributed by atoms with E-state index in [1.807, 2.05) is 26.0 Å². The second kappa shape index (κ2) is 7.65. The Morgan fingerprint density at radius 3 is 2.59 bits per heavy atom. The minimum atomic E-state index is -2.63. The molecule has 1 aliphatic heterocycles. The van der Waals surface area contributed by atoms with Crippen LogP contribution < -0.4 is 5.32 Å². The molecule has 1 saturated heterocycles. The summed E-state index contributed by atoms with van der Waals surface area (Å²) in [6.07, 6.45) is 6.11. The molecule has 3 aliphatic rings. The molecule has 5 atom stereocenters. The molecule has 6 heteroatoms. The molecule has 5 unspecified atom stereocenters. The van der Waals surface area contributed by atoms with Gasteiger partial charge in [0, 0.05) is 31.2 Å². The first-order chi connectivity index (χ1) is 13.5. The van der Waals surface area contributed by atoms with Crippen molar-refractivity contribution in [2.24, 2.45) is 29.1 Å². The zero-order valence-corrected chi connectivity index (χ0v) is 17.4. The molecule has 0 aromatic carbocycles. The lowest BCUT2D eigenvalue weighted by atomic mass is 9.54. The van der Waals surface area contributed by atoms with Gasteiger partial charge in [-0.15, -0.1) is 0 Å². The molecule has 1 saturated carbocycles. The standard InChI is InChI=1S/C23H31NO5/c1-13-6-5-7-17-11-14(2)16(4)18-12-24-21(27)23(17,18)19(25)8-9-22(28,29)20(26)15(3)10-13/h5,7,10,13,16-18,28-29H,2,6,8-9,11-12H2,1,3-4H3,(H,24,27)/b7-5-,15-10-. The molecular formula is C23H31NO5. The molecule has 1 amide bonds. The molecule has 1 spiro atoms. The SMILES string of the molecule is C=C1CC2/C=C\CC(C)/C=C(/C)C(=O)C(O)(O)CCC(=O)C23C(=O)NCC3C1C.